The van der Waals surface area contributed by atoms with Gasteiger partial charge in [0, 0.05) is 37.4 Å². The number of morpholine rings is 1. The van der Waals surface area contributed by atoms with Gasteiger partial charge in [0.25, 0.3) is 11.7 Å². The second-order valence-corrected chi connectivity index (χ2v) is 9.84. The average Bonchev–Trinajstić information content (AvgIpc) is 3.39. The molecular formula is C29H37N3O7. The van der Waals surface area contributed by atoms with Crippen LogP contribution >= 0.6 is 0 Å². The molecule has 2 fully saturated rings. The Morgan fingerprint density at radius 1 is 1.18 bits per heavy atom. The van der Waals surface area contributed by atoms with Crippen LogP contribution in [0.1, 0.15) is 58.7 Å². The second-order valence-electron chi connectivity index (χ2n) is 9.84. The number of aliphatic hydroxyl groups is 1. The van der Waals surface area contributed by atoms with Crippen LogP contribution in [-0.4, -0.2) is 90.7 Å². The third-order valence-electron chi connectivity index (χ3n) is 7.23. The number of H-pyrrole nitrogens is 1. The molecule has 0 saturated carbocycles. The zero-order valence-corrected chi connectivity index (χ0v) is 23.0. The number of hydrogen-bond acceptors (Lipinski definition) is 8. The van der Waals surface area contributed by atoms with Crippen LogP contribution in [0.4, 0.5) is 0 Å². The number of likely N-dealkylation sites (tertiary alicyclic amines) is 1. The molecule has 0 aliphatic carbocycles. The van der Waals surface area contributed by atoms with Gasteiger partial charge in [-0.25, -0.2) is 4.79 Å². The smallest absolute Gasteiger partial charge is 0.354 e. The van der Waals surface area contributed by atoms with Gasteiger partial charge < -0.3 is 29.2 Å². The highest BCUT2D eigenvalue weighted by Gasteiger charge is 2.46. The fourth-order valence-corrected chi connectivity index (χ4v) is 5.29. The van der Waals surface area contributed by atoms with E-state index < -0.39 is 23.7 Å². The van der Waals surface area contributed by atoms with E-state index in [-0.39, 0.29) is 17.0 Å². The summed E-state index contributed by atoms with van der Waals surface area (Å²) in [6.45, 7) is 10.0. The number of amides is 1. The minimum atomic E-state index is -0.810. The summed E-state index contributed by atoms with van der Waals surface area (Å²) in [4.78, 5) is 45.9. The lowest BCUT2D eigenvalue weighted by Crippen LogP contribution is -2.38. The molecule has 2 aromatic rings. The highest BCUT2D eigenvalue weighted by atomic mass is 16.5. The molecule has 0 radical (unpaired) electrons. The van der Waals surface area contributed by atoms with Gasteiger partial charge in [0.2, 0.25) is 0 Å². The van der Waals surface area contributed by atoms with Crippen LogP contribution in [0.5, 0.6) is 5.75 Å². The van der Waals surface area contributed by atoms with Gasteiger partial charge in [0.15, 0.2) is 0 Å². The summed E-state index contributed by atoms with van der Waals surface area (Å²) in [6.07, 6.45) is 1.49. The lowest BCUT2D eigenvalue weighted by atomic mass is 9.94. The van der Waals surface area contributed by atoms with Crippen molar-refractivity contribution in [3.8, 4) is 5.75 Å². The topological polar surface area (TPSA) is 121 Å². The quantitative estimate of drug-likeness (QED) is 0.204. The molecule has 10 heteroatoms. The maximum atomic E-state index is 13.5. The zero-order valence-electron chi connectivity index (χ0n) is 23.0. The molecule has 3 heterocycles. The number of aromatic nitrogens is 1. The third kappa shape index (κ3) is 5.86. The van der Waals surface area contributed by atoms with Gasteiger partial charge in [0.1, 0.15) is 17.2 Å². The van der Waals surface area contributed by atoms with Crippen molar-refractivity contribution in [3.05, 3.63) is 57.9 Å². The summed E-state index contributed by atoms with van der Waals surface area (Å²) in [5.41, 5.74) is 2.07. The van der Waals surface area contributed by atoms with Gasteiger partial charge in [-0.15, -0.1) is 0 Å². The number of aliphatic hydroxyl groups excluding tert-OH is 1. The predicted molar refractivity (Wildman–Crippen MR) is 145 cm³/mol. The van der Waals surface area contributed by atoms with Crippen molar-refractivity contribution in [1.82, 2.24) is 14.8 Å². The van der Waals surface area contributed by atoms with Crippen molar-refractivity contribution in [3.63, 3.8) is 0 Å². The first-order valence-corrected chi connectivity index (χ1v) is 13.4. The Hall–Kier alpha value is -3.63. The summed E-state index contributed by atoms with van der Waals surface area (Å²) in [7, 11) is 1.27. The van der Waals surface area contributed by atoms with Gasteiger partial charge >= 0.3 is 5.97 Å². The van der Waals surface area contributed by atoms with Gasteiger partial charge in [-0.05, 0) is 49.9 Å². The van der Waals surface area contributed by atoms with Crippen LogP contribution in [0, 0.1) is 13.8 Å². The van der Waals surface area contributed by atoms with E-state index in [1.54, 1.807) is 13.8 Å². The first kappa shape index (κ1) is 28.4. The number of esters is 1. The molecule has 39 heavy (non-hydrogen) atoms. The van der Waals surface area contributed by atoms with Crippen molar-refractivity contribution in [1.29, 1.82) is 0 Å². The van der Waals surface area contributed by atoms with E-state index in [2.05, 4.69) is 9.88 Å². The SMILES string of the molecule is CCCOc1cccc(C2/C(=C(\O)c3c(C)[nH]c(C(=O)OC)c3C)C(=O)C(=O)N2CCCN2CCOCC2)c1. The van der Waals surface area contributed by atoms with Crippen LogP contribution in [0.3, 0.4) is 0 Å². The molecule has 10 nitrogen and oxygen atoms in total. The van der Waals surface area contributed by atoms with Crippen molar-refractivity contribution >= 4 is 23.4 Å². The fourth-order valence-electron chi connectivity index (χ4n) is 5.29. The van der Waals surface area contributed by atoms with Crippen molar-refractivity contribution in [2.45, 2.75) is 39.7 Å². The number of carbonyl (C=O) groups is 3. The number of nitrogens with zero attached hydrogens (tertiary/aromatic N) is 2. The number of nitrogens with one attached hydrogen (secondary N) is 1. The molecule has 2 saturated heterocycles. The number of rotatable bonds is 10. The molecule has 210 valence electrons. The minimum absolute atomic E-state index is 0.0133. The molecule has 2 aliphatic heterocycles. The van der Waals surface area contributed by atoms with Gasteiger partial charge in [0.05, 0.1) is 38.5 Å². The number of ether oxygens (including phenoxy) is 3. The Balaban J connectivity index is 1.76. The number of ketones is 1. The number of aryl methyl sites for hydroxylation is 1. The van der Waals surface area contributed by atoms with E-state index in [0.717, 1.165) is 26.1 Å². The Morgan fingerprint density at radius 3 is 2.62 bits per heavy atom. The first-order valence-electron chi connectivity index (χ1n) is 13.4. The monoisotopic (exact) mass is 539 g/mol. The summed E-state index contributed by atoms with van der Waals surface area (Å²) < 4.78 is 16.1. The Bertz CT molecular complexity index is 1260. The Labute approximate surface area is 228 Å². The standard InChI is InChI=1S/C29H37N3O7/c1-5-14-39-21-9-6-8-20(17-21)25-23(26(33)22-18(2)24(29(36)37-4)30-19(22)3)27(34)28(35)32(25)11-7-10-31-12-15-38-16-13-31/h6,8-9,17,25,30,33H,5,7,10-16H2,1-4H3/b26-23+. The largest absolute Gasteiger partial charge is 0.507 e. The number of carbonyl (C=O) groups excluding carboxylic acids is 3. The number of hydrogen-bond donors (Lipinski definition) is 2. The Morgan fingerprint density at radius 2 is 1.92 bits per heavy atom. The average molecular weight is 540 g/mol. The van der Waals surface area contributed by atoms with Crippen LogP contribution in [0.15, 0.2) is 29.8 Å². The second kappa shape index (κ2) is 12.5. The van der Waals surface area contributed by atoms with Gasteiger partial charge in [-0.1, -0.05) is 19.1 Å². The van der Waals surface area contributed by atoms with E-state index in [0.29, 0.717) is 60.9 Å². The lowest BCUT2D eigenvalue weighted by Gasteiger charge is -2.29. The van der Waals surface area contributed by atoms with Gasteiger partial charge in [-0.2, -0.15) is 0 Å². The zero-order chi connectivity index (χ0) is 28.1. The first-order chi connectivity index (χ1) is 18.8. The highest BCUT2D eigenvalue weighted by molar-refractivity contribution is 6.46. The van der Waals surface area contributed by atoms with Crippen LogP contribution in [-0.2, 0) is 19.1 Å². The molecule has 2 aliphatic rings. The molecule has 1 unspecified atom stereocenters. The minimum Gasteiger partial charge on any atom is -0.507 e. The van der Waals surface area contributed by atoms with Crippen molar-refractivity contribution < 1.29 is 33.7 Å². The molecular weight excluding hydrogens is 502 g/mol. The molecule has 0 bridgehead atoms. The number of methoxy groups -OCH3 is 1. The van der Waals surface area contributed by atoms with Crippen molar-refractivity contribution in [2.75, 3.05) is 53.1 Å². The predicted octanol–water partition coefficient (Wildman–Crippen LogP) is 3.35. The number of Topliss-reactive ketones (excluding diaryl/α,β-unsaturated/α-hetero) is 1. The maximum Gasteiger partial charge on any atom is 0.354 e. The van der Waals surface area contributed by atoms with Crippen LogP contribution in [0.2, 0.25) is 0 Å². The number of aromatic amines is 1. The molecule has 1 amide bonds. The van der Waals surface area contributed by atoms with E-state index in [4.69, 9.17) is 14.2 Å². The summed E-state index contributed by atoms with van der Waals surface area (Å²) in [6, 6.07) is 6.47. The molecule has 2 N–H and O–H groups in total. The van der Waals surface area contributed by atoms with Crippen molar-refractivity contribution in [2.24, 2.45) is 0 Å². The third-order valence-corrected chi connectivity index (χ3v) is 7.23. The lowest BCUT2D eigenvalue weighted by molar-refractivity contribution is -0.140. The molecule has 4 rings (SSSR count). The van der Waals surface area contributed by atoms with Gasteiger partial charge in [-0.3, -0.25) is 14.5 Å². The normalized spacial score (nSPS) is 19.5. The summed E-state index contributed by atoms with van der Waals surface area (Å²) in [5, 5.41) is 11.6. The fraction of sp³-hybridized carbons (Fsp3) is 0.483. The van der Waals surface area contributed by atoms with E-state index in [1.165, 1.54) is 12.0 Å². The number of benzene rings is 1. The maximum absolute atomic E-state index is 13.5. The highest BCUT2D eigenvalue weighted by Crippen LogP contribution is 2.41. The summed E-state index contributed by atoms with van der Waals surface area (Å²) in [5.74, 6) is -1.72. The van der Waals surface area contributed by atoms with E-state index >= 15 is 0 Å². The Kier molecular flexibility index (Phi) is 9.08. The molecule has 1 aromatic carbocycles. The van der Waals surface area contributed by atoms with Crippen LogP contribution in [0.25, 0.3) is 5.76 Å². The summed E-state index contributed by atoms with van der Waals surface area (Å²) >= 11 is 0. The molecule has 0 spiro atoms. The van der Waals surface area contributed by atoms with E-state index in [9.17, 15) is 19.5 Å². The molecule has 1 aromatic heterocycles. The van der Waals surface area contributed by atoms with Crippen LogP contribution < -0.4 is 4.74 Å². The van der Waals surface area contributed by atoms with E-state index in [1.807, 2.05) is 31.2 Å². The molecule has 1 atom stereocenters.